The maximum atomic E-state index is 2.52. The fourth-order valence-electron chi connectivity index (χ4n) is 8.61. The van der Waals surface area contributed by atoms with Gasteiger partial charge in [-0.2, -0.15) is 0 Å². The van der Waals surface area contributed by atoms with Crippen LogP contribution in [0, 0.1) is 0 Å². The molecule has 0 amide bonds. The number of nitrogens with zero attached hydrogens (tertiary/aromatic N) is 2. The molecule has 1 aliphatic carbocycles. The van der Waals surface area contributed by atoms with Crippen LogP contribution in [0.5, 0.6) is 0 Å². The van der Waals surface area contributed by atoms with Crippen LogP contribution in [0.3, 0.4) is 0 Å². The van der Waals surface area contributed by atoms with Gasteiger partial charge in [0.05, 0.1) is 23.2 Å². The molecule has 0 spiro atoms. The van der Waals surface area contributed by atoms with E-state index < -0.39 is 0 Å². The molecule has 2 heterocycles. The minimum Gasteiger partial charge on any atom is -0.346 e. The van der Waals surface area contributed by atoms with Crippen molar-refractivity contribution in [1.29, 1.82) is 0 Å². The molecule has 0 bridgehead atoms. The van der Waals surface area contributed by atoms with E-state index in [0.29, 0.717) is 0 Å². The second-order valence-corrected chi connectivity index (χ2v) is 13.3. The Kier molecular flexibility index (Phi) is 7.43. The van der Waals surface area contributed by atoms with Crippen LogP contribution in [0.2, 0.25) is 0 Å². The number of hydrogen-bond donors (Lipinski definition) is 0. The summed E-state index contributed by atoms with van der Waals surface area (Å²) in [6.45, 7) is 0. The van der Waals surface area contributed by atoms with Crippen molar-refractivity contribution in [3.8, 4) is 44.8 Å². The van der Waals surface area contributed by atoms with Crippen LogP contribution >= 0.6 is 0 Å². The predicted octanol–water partition coefficient (Wildman–Crippen LogP) is 11.7. The van der Waals surface area contributed by atoms with E-state index in [2.05, 4.69) is 205 Å². The Hall–Kier alpha value is -6.12. The van der Waals surface area contributed by atoms with Gasteiger partial charge in [-0.3, -0.25) is 0 Å². The average molecular weight is 643 g/mol. The second kappa shape index (κ2) is 12.4. The molecular weight excluding hydrogens is 605 g/mol. The molecule has 0 fully saturated rings. The third-order valence-corrected chi connectivity index (χ3v) is 10.6. The largest absolute Gasteiger partial charge is 0.346 e. The first-order valence-electron chi connectivity index (χ1n) is 17.5. The van der Waals surface area contributed by atoms with Crippen LogP contribution < -0.4 is 0 Å². The topological polar surface area (TPSA) is 9.86 Å². The van der Waals surface area contributed by atoms with Gasteiger partial charge in [0.15, 0.2) is 0 Å². The zero-order chi connectivity index (χ0) is 33.6. The van der Waals surface area contributed by atoms with Gasteiger partial charge in [0, 0.05) is 36.6 Å². The van der Waals surface area contributed by atoms with E-state index >= 15 is 0 Å². The van der Waals surface area contributed by atoms with Crippen molar-refractivity contribution < 1.29 is 0 Å². The van der Waals surface area contributed by atoms with Crippen molar-refractivity contribution in [2.75, 3.05) is 0 Å². The first kappa shape index (κ1) is 30.0. The summed E-state index contributed by atoms with van der Waals surface area (Å²) < 4.78 is 5.04. The van der Waals surface area contributed by atoms with Gasteiger partial charge in [-0.05, 0) is 44.5 Å². The first-order valence-corrected chi connectivity index (χ1v) is 17.5. The van der Waals surface area contributed by atoms with E-state index in [9.17, 15) is 0 Å². The number of fused-ring (bicyclic) bond motifs is 2. The molecule has 0 saturated carbocycles. The van der Waals surface area contributed by atoms with E-state index in [-0.39, 0.29) is 11.8 Å². The Morgan fingerprint density at radius 1 is 0.320 bits per heavy atom. The molecule has 6 aromatic carbocycles. The normalized spacial score (nSPS) is 15.0. The van der Waals surface area contributed by atoms with Crippen molar-refractivity contribution in [1.82, 2.24) is 9.13 Å². The Labute approximate surface area is 294 Å². The Morgan fingerprint density at radius 2 is 0.580 bits per heavy atom. The van der Waals surface area contributed by atoms with Gasteiger partial charge >= 0.3 is 0 Å². The summed E-state index contributed by atoms with van der Waals surface area (Å²) in [7, 11) is 4.58. The highest BCUT2D eigenvalue weighted by Crippen LogP contribution is 2.59. The zero-order valence-corrected chi connectivity index (χ0v) is 28.4. The summed E-state index contributed by atoms with van der Waals surface area (Å²) in [4.78, 5) is 0. The van der Waals surface area contributed by atoms with E-state index in [1.54, 1.807) is 0 Å². The highest BCUT2D eigenvalue weighted by molar-refractivity contribution is 5.93. The van der Waals surface area contributed by atoms with Crippen LogP contribution in [0.25, 0.3) is 44.8 Å². The molecule has 2 nitrogen and oxygen atoms in total. The molecule has 2 heteroatoms. The third-order valence-electron chi connectivity index (χ3n) is 10.6. The molecule has 0 saturated heterocycles. The van der Waals surface area contributed by atoms with Crippen molar-refractivity contribution >= 4 is 0 Å². The van der Waals surface area contributed by atoms with Crippen molar-refractivity contribution in [3.05, 3.63) is 216 Å². The molecule has 0 N–H and O–H groups in total. The van der Waals surface area contributed by atoms with E-state index in [1.165, 1.54) is 78.4 Å². The van der Waals surface area contributed by atoms with Crippen LogP contribution in [-0.4, -0.2) is 9.13 Å². The Morgan fingerprint density at radius 3 is 0.880 bits per heavy atom. The molecule has 0 aliphatic heterocycles. The molecule has 0 radical (unpaired) electrons. The zero-order valence-electron chi connectivity index (χ0n) is 28.4. The van der Waals surface area contributed by atoms with Crippen molar-refractivity contribution in [2.24, 2.45) is 14.1 Å². The first-order chi connectivity index (χ1) is 24.7. The van der Waals surface area contributed by atoms with E-state index in [0.717, 1.165) is 0 Å². The highest BCUT2D eigenvalue weighted by atomic mass is 15.0. The average Bonchev–Trinajstić information content (AvgIpc) is 3.66. The van der Waals surface area contributed by atoms with Crippen LogP contribution in [-0.2, 0) is 14.1 Å². The lowest BCUT2D eigenvalue weighted by Gasteiger charge is -2.34. The second-order valence-electron chi connectivity index (χ2n) is 13.3. The summed E-state index contributed by atoms with van der Waals surface area (Å²) in [5.74, 6) is -0.0186. The van der Waals surface area contributed by atoms with Gasteiger partial charge in [-0.1, -0.05) is 182 Å². The summed E-state index contributed by atoms with van der Waals surface area (Å²) in [6, 6.07) is 66.3. The van der Waals surface area contributed by atoms with Gasteiger partial charge in [0.2, 0.25) is 0 Å². The molecule has 2 aromatic heterocycles. The van der Waals surface area contributed by atoms with Crippen LogP contribution in [0.4, 0.5) is 0 Å². The van der Waals surface area contributed by atoms with Gasteiger partial charge in [-0.25, -0.2) is 0 Å². The standard InChI is InChI=1S/C48H38N2/c1-49-45(37-29-17-7-18-30-37)39(33-21-9-3-10-22-33)43-42(36-27-15-6-16-28-36)48-44(41(47(43)49)35-25-13-5-14-26-35)40(34-23-11-4-12-24-34)46(50(48)2)38-31-19-8-20-32-38/h3-32,41-42H,1-2H3. The van der Waals surface area contributed by atoms with Crippen molar-refractivity contribution in [3.63, 3.8) is 0 Å². The number of aromatic nitrogens is 2. The lowest BCUT2D eigenvalue weighted by atomic mass is 9.70. The third kappa shape index (κ3) is 4.71. The van der Waals surface area contributed by atoms with Crippen LogP contribution in [0.1, 0.15) is 45.5 Å². The smallest absolute Gasteiger partial charge is 0.0563 e. The Balaban J connectivity index is 1.51. The molecule has 50 heavy (non-hydrogen) atoms. The number of benzene rings is 6. The minimum atomic E-state index is -0.00930. The van der Waals surface area contributed by atoms with Crippen molar-refractivity contribution in [2.45, 2.75) is 11.8 Å². The lowest BCUT2D eigenvalue weighted by Crippen LogP contribution is -2.23. The summed E-state index contributed by atoms with van der Waals surface area (Å²) >= 11 is 0. The van der Waals surface area contributed by atoms with Gasteiger partial charge in [0.1, 0.15) is 0 Å². The maximum absolute atomic E-state index is 2.52. The van der Waals surface area contributed by atoms with Gasteiger partial charge in [-0.15, -0.1) is 0 Å². The van der Waals surface area contributed by atoms with Crippen LogP contribution in [0.15, 0.2) is 182 Å². The predicted molar refractivity (Wildman–Crippen MR) is 207 cm³/mol. The summed E-state index contributed by atoms with van der Waals surface area (Å²) in [6.07, 6.45) is 0. The summed E-state index contributed by atoms with van der Waals surface area (Å²) in [5.41, 5.74) is 18.1. The monoisotopic (exact) mass is 642 g/mol. The molecule has 1 aliphatic rings. The van der Waals surface area contributed by atoms with E-state index in [1.807, 2.05) is 0 Å². The number of hydrogen-bond acceptors (Lipinski definition) is 0. The highest BCUT2D eigenvalue weighted by Gasteiger charge is 2.45. The van der Waals surface area contributed by atoms with Gasteiger partial charge < -0.3 is 9.13 Å². The number of rotatable bonds is 6. The molecule has 2 atom stereocenters. The quantitative estimate of drug-likeness (QED) is 0.171. The Bertz CT molecular complexity index is 2230. The maximum Gasteiger partial charge on any atom is 0.0563 e. The molecule has 9 rings (SSSR count). The summed E-state index contributed by atoms with van der Waals surface area (Å²) in [5, 5.41) is 0. The lowest BCUT2D eigenvalue weighted by molar-refractivity contribution is 0.703. The van der Waals surface area contributed by atoms with E-state index in [4.69, 9.17) is 0 Å². The minimum absolute atomic E-state index is 0.00930. The fourth-order valence-corrected chi connectivity index (χ4v) is 8.61. The fraction of sp³-hybridized carbons (Fsp3) is 0.0833. The molecule has 8 aromatic rings. The molecule has 2 unspecified atom stereocenters. The molecular formula is C48H38N2. The molecule has 240 valence electrons. The SMILES string of the molecule is Cn1c(-c2ccccc2)c(-c2ccccc2)c2c1C(c1ccccc1)c1c(-c3ccccc3)c(-c3ccccc3)n(C)c1C2c1ccccc1. The van der Waals surface area contributed by atoms with Gasteiger partial charge in [0.25, 0.3) is 0 Å².